The molecule has 0 N–H and O–H groups in total. The lowest BCUT2D eigenvalue weighted by atomic mass is 10.0. The maximum atomic E-state index is 13.1. The van der Waals surface area contributed by atoms with Gasteiger partial charge in [-0.15, -0.1) is 0 Å². The zero-order valence-electron chi connectivity index (χ0n) is 11.7. The smallest absolute Gasteiger partial charge is 0.379 e. The number of pyridine rings is 1. The monoisotopic (exact) mass is 288 g/mol. The Morgan fingerprint density at radius 2 is 1.95 bits per heavy atom. The fourth-order valence-corrected chi connectivity index (χ4v) is 2.31. The highest BCUT2D eigenvalue weighted by molar-refractivity contribution is 5.30. The summed E-state index contributed by atoms with van der Waals surface area (Å²) in [6.07, 6.45) is -2.80. The van der Waals surface area contributed by atoms with Gasteiger partial charge in [0.15, 0.2) is 0 Å². The Labute approximate surface area is 116 Å². The van der Waals surface area contributed by atoms with Crippen molar-refractivity contribution in [3.63, 3.8) is 0 Å². The molecule has 112 valence electrons. The third-order valence-electron chi connectivity index (χ3n) is 3.34. The van der Waals surface area contributed by atoms with E-state index in [0.29, 0.717) is 25.3 Å². The third kappa shape index (κ3) is 3.70. The van der Waals surface area contributed by atoms with E-state index < -0.39 is 11.7 Å². The van der Waals surface area contributed by atoms with Crippen LogP contribution in [0.3, 0.4) is 0 Å². The Hall–Kier alpha value is -1.14. The Morgan fingerprint density at radius 3 is 2.50 bits per heavy atom. The second-order valence-corrected chi connectivity index (χ2v) is 5.32. The quantitative estimate of drug-likeness (QED) is 0.854. The van der Waals surface area contributed by atoms with Crippen molar-refractivity contribution < 1.29 is 17.9 Å². The Bertz CT molecular complexity index is 454. The molecule has 1 aromatic rings. The van der Waals surface area contributed by atoms with Crippen LogP contribution in [-0.4, -0.2) is 36.2 Å². The molecule has 0 aromatic carbocycles. The SMILES string of the molecule is CC(C)c1ncc(CN2CCOCC2)cc1C(F)(F)F. The molecule has 0 saturated carbocycles. The highest BCUT2D eigenvalue weighted by atomic mass is 19.4. The first-order valence-corrected chi connectivity index (χ1v) is 6.74. The molecule has 2 rings (SSSR count). The van der Waals surface area contributed by atoms with Gasteiger partial charge in [0.2, 0.25) is 0 Å². The third-order valence-corrected chi connectivity index (χ3v) is 3.34. The van der Waals surface area contributed by atoms with Crippen molar-refractivity contribution in [2.24, 2.45) is 0 Å². The van der Waals surface area contributed by atoms with Crippen molar-refractivity contribution in [1.29, 1.82) is 0 Å². The van der Waals surface area contributed by atoms with E-state index in [0.717, 1.165) is 13.1 Å². The maximum absolute atomic E-state index is 13.1. The minimum atomic E-state index is -4.35. The molecule has 6 heteroatoms. The number of alkyl halides is 3. The van der Waals surface area contributed by atoms with Gasteiger partial charge in [0.05, 0.1) is 24.5 Å². The van der Waals surface area contributed by atoms with Gasteiger partial charge in [-0.1, -0.05) is 13.8 Å². The van der Waals surface area contributed by atoms with Crippen LogP contribution in [0, 0.1) is 0 Å². The van der Waals surface area contributed by atoms with Crippen molar-refractivity contribution in [1.82, 2.24) is 9.88 Å². The lowest BCUT2D eigenvalue weighted by Gasteiger charge is -2.27. The molecule has 1 fully saturated rings. The molecule has 0 unspecified atom stereocenters. The Kier molecular flexibility index (Phi) is 4.65. The highest BCUT2D eigenvalue weighted by Gasteiger charge is 2.35. The van der Waals surface area contributed by atoms with Crippen LogP contribution in [0.15, 0.2) is 12.3 Å². The number of rotatable bonds is 3. The molecular formula is C14H19F3N2O. The molecule has 3 nitrogen and oxygen atoms in total. The first-order valence-electron chi connectivity index (χ1n) is 6.74. The van der Waals surface area contributed by atoms with E-state index >= 15 is 0 Å². The number of ether oxygens (including phenoxy) is 1. The van der Waals surface area contributed by atoms with Gasteiger partial charge in [-0.3, -0.25) is 9.88 Å². The normalized spacial score (nSPS) is 17.7. The molecule has 1 aliphatic rings. The predicted molar refractivity (Wildman–Crippen MR) is 69.4 cm³/mol. The topological polar surface area (TPSA) is 25.4 Å². The van der Waals surface area contributed by atoms with E-state index in [1.807, 2.05) is 0 Å². The van der Waals surface area contributed by atoms with Crippen LogP contribution in [0.4, 0.5) is 13.2 Å². The first kappa shape index (κ1) is 15.3. The van der Waals surface area contributed by atoms with E-state index in [2.05, 4.69) is 9.88 Å². The number of halogens is 3. The lowest BCUT2D eigenvalue weighted by molar-refractivity contribution is -0.138. The first-order chi connectivity index (χ1) is 9.38. The van der Waals surface area contributed by atoms with E-state index in [-0.39, 0.29) is 11.6 Å². The van der Waals surface area contributed by atoms with Crippen LogP contribution >= 0.6 is 0 Å². The average Bonchev–Trinajstić information content (AvgIpc) is 2.38. The number of morpholine rings is 1. The molecule has 1 saturated heterocycles. The zero-order valence-corrected chi connectivity index (χ0v) is 11.7. The molecule has 1 aliphatic heterocycles. The van der Waals surface area contributed by atoms with E-state index in [1.165, 1.54) is 6.07 Å². The largest absolute Gasteiger partial charge is 0.418 e. The van der Waals surface area contributed by atoms with Crippen molar-refractivity contribution in [2.45, 2.75) is 32.5 Å². The minimum absolute atomic E-state index is 0.114. The molecule has 0 spiro atoms. The van der Waals surface area contributed by atoms with Crippen molar-refractivity contribution in [2.75, 3.05) is 26.3 Å². The molecule has 20 heavy (non-hydrogen) atoms. The summed E-state index contributed by atoms with van der Waals surface area (Å²) < 4.78 is 44.5. The summed E-state index contributed by atoms with van der Waals surface area (Å²) in [5.41, 5.74) is 0.102. The molecule has 0 bridgehead atoms. The van der Waals surface area contributed by atoms with E-state index in [4.69, 9.17) is 4.74 Å². The van der Waals surface area contributed by atoms with Gasteiger partial charge in [-0.2, -0.15) is 13.2 Å². The molecule has 1 aromatic heterocycles. The lowest BCUT2D eigenvalue weighted by Crippen LogP contribution is -2.35. The van der Waals surface area contributed by atoms with Crippen molar-refractivity contribution >= 4 is 0 Å². The Morgan fingerprint density at radius 1 is 1.30 bits per heavy atom. The number of aromatic nitrogens is 1. The summed E-state index contributed by atoms with van der Waals surface area (Å²) in [6, 6.07) is 1.23. The fraction of sp³-hybridized carbons (Fsp3) is 0.643. The summed E-state index contributed by atoms with van der Waals surface area (Å²) in [5, 5.41) is 0. The highest BCUT2D eigenvalue weighted by Crippen LogP contribution is 2.34. The molecule has 0 atom stereocenters. The predicted octanol–water partition coefficient (Wildman–Crippen LogP) is 3.06. The van der Waals surface area contributed by atoms with Crippen LogP contribution in [0.1, 0.15) is 36.6 Å². The van der Waals surface area contributed by atoms with Crippen LogP contribution < -0.4 is 0 Å². The van der Waals surface area contributed by atoms with Gasteiger partial charge in [-0.05, 0) is 17.5 Å². The second kappa shape index (κ2) is 6.10. The van der Waals surface area contributed by atoms with Gasteiger partial charge in [0, 0.05) is 25.8 Å². The minimum Gasteiger partial charge on any atom is -0.379 e. The van der Waals surface area contributed by atoms with E-state index in [1.54, 1.807) is 20.0 Å². The average molecular weight is 288 g/mol. The van der Waals surface area contributed by atoms with Crippen LogP contribution in [-0.2, 0) is 17.5 Å². The Balaban J connectivity index is 2.22. The van der Waals surface area contributed by atoms with Gasteiger partial charge in [0.1, 0.15) is 0 Å². The summed E-state index contributed by atoms with van der Waals surface area (Å²) >= 11 is 0. The molecule has 0 amide bonds. The van der Waals surface area contributed by atoms with Crippen LogP contribution in [0.25, 0.3) is 0 Å². The zero-order chi connectivity index (χ0) is 14.8. The maximum Gasteiger partial charge on any atom is 0.418 e. The summed E-state index contributed by atoms with van der Waals surface area (Å²) in [5.74, 6) is -0.246. The van der Waals surface area contributed by atoms with Crippen molar-refractivity contribution in [3.05, 3.63) is 29.1 Å². The number of nitrogens with zero attached hydrogens (tertiary/aromatic N) is 2. The van der Waals surface area contributed by atoms with E-state index in [9.17, 15) is 13.2 Å². The molecular weight excluding hydrogens is 269 g/mol. The summed E-state index contributed by atoms with van der Waals surface area (Å²) in [4.78, 5) is 6.11. The fourth-order valence-electron chi connectivity index (χ4n) is 2.31. The van der Waals surface area contributed by atoms with Crippen molar-refractivity contribution in [3.8, 4) is 0 Å². The number of hydrogen-bond acceptors (Lipinski definition) is 3. The van der Waals surface area contributed by atoms with Crippen LogP contribution in [0.2, 0.25) is 0 Å². The summed E-state index contributed by atoms with van der Waals surface area (Å²) in [6.45, 7) is 6.67. The van der Waals surface area contributed by atoms with Gasteiger partial charge >= 0.3 is 6.18 Å². The van der Waals surface area contributed by atoms with Gasteiger partial charge in [0.25, 0.3) is 0 Å². The van der Waals surface area contributed by atoms with Crippen LogP contribution in [0.5, 0.6) is 0 Å². The molecule has 0 aliphatic carbocycles. The van der Waals surface area contributed by atoms with Gasteiger partial charge in [-0.25, -0.2) is 0 Å². The molecule has 2 heterocycles. The van der Waals surface area contributed by atoms with Gasteiger partial charge < -0.3 is 4.74 Å². The summed E-state index contributed by atoms with van der Waals surface area (Å²) in [7, 11) is 0. The standard InChI is InChI=1S/C14H19F3N2O/c1-10(2)13-12(14(15,16)17)7-11(8-18-13)9-19-3-5-20-6-4-19/h7-8,10H,3-6,9H2,1-2H3. The number of hydrogen-bond donors (Lipinski definition) is 0. The molecule has 0 radical (unpaired) electrons. The second-order valence-electron chi connectivity index (χ2n) is 5.32.